The Morgan fingerprint density at radius 2 is 1.89 bits per heavy atom. The first-order valence-corrected chi connectivity index (χ1v) is 6.63. The summed E-state index contributed by atoms with van der Waals surface area (Å²) in [6.45, 7) is 5.41. The number of carbonyl (C=O) groups excluding carboxylic acids is 2. The van der Waals surface area contributed by atoms with Crippen molar-refractivity contribution in [1.82, 2.24) is 15.1 Å². The first-order chi connectivity index (χ1) is 8.70. The van der Waals surface area contributed by atoms with Crippen molar-refractivity contribution in [3.8, 4) is 0 Å². The lowest BCUT2D eigenvalue weighted by atomic mass is 10.3. The van der Waals surface area contributed by atoms with Crippen LogP contribution in [-0.2, 0) is 9.53 Å². The molecule has 1 aliphatic carbocycles. The van der Waals surface area contributed by atoms with Crippen LogP contribution >= 0.6 is 0 Å². The predicted molar refractivity (Wildman–Crippen MR) is 66.2 cm³/mol. The van der Waals surface area contributed by atoms with Gasteiger partial charge in [0.15, 0.2) is 0 Å². The second kappa shape index (κ2) is 6.04. The number of esters is 1. The van der Waals surface area contributed by atoms with Crippen LogP contribution in [-0.4, -0.2) is 67.2 Å². The molecule has 0 spiro atoms. The fourth-order valence-corrected chi connectivity index (χ4v) is 2.20. The average molecular weight is 255 g/mol. The van der Waals surface area contributed by atoms with Crippen LogP contribution in [0.15, 0.2) is 0 Å². The van der Waals surface area contributed by atoms with Gasteiger partial charge in [0.05, 0.1) is 6.61 Å². The third-order valence-electron chi connectivity index (χ3n) is 3.35. The Morgan fingerprint density at radius 3 is 2.44 bits per heavy atom. The van der Waals surface area contributed by atoms with E-state index < -0.39 is 0 Å². The van der Waals surface area contributed by atoms with Gasteiger partial charge in [-0.25, -0.2) is 4.79 Å². The molecule has 2 rings (SSSR count). The van der Waals surface area contributed by atoms with Crippen LogP contribution in [0.1, 0.15) is 19.8 Å². The number of carbonyl (C=O) groups is 2. The van der Waals surface area contributed by atoms with Crippen molar-refractivity contribution in [3.63, 3.8) is 0 Å². The van der Waals surface area contributed by atoms with Crippen LogP contribution in [0.2, 0.25) is 0 Å². The fraction of sp³-hybridized carbons (Fsp3) is 0.833. The number of urea groups is 1. The first-order valence-electron chi connectivity index (χ1n) is 6.63. The van der Waals surface area contributed by atoms with Gasteiger partial charge in [0.2, 0.25) is 0 Å². The number of ether oxygens (including phenoxy) is 1. The van der Waals surface area contributed by atoms with E-state index in [1.807, 2.05) is 0 Å². The lowest BCUT2D eigenvalue weighted by molar-refractivity contribution is -0.141. The van der Waals surface area contributed by atoms with Gasteiger partial charge < -0.3 is 15.0 Å². The van der Waals surface area contributed by atoms with Gasteiger partial charge in [-0.1, -0.05) is 0 Å². The van der Waals surface area contributed by atoms with E-state index in [1.165, 1.54) is 12.8 Å². The summed E-state index contributed by atoms with van der Waals surface area (Å²) < 4.78 is 4.76. The molecule has 0 aromatic rings. The molecule has 2 fully saturated rings. The minimum atomic E-state index is -0.387. The number of amides is 2. The van der Waals surface area contributed by atoms with E-state index in [4.69, 9.17) is 4.74 Å². The summed E-state index contributed by atoms with van der Waals surface area (Å²) in [6, 6.07) is 0.591. The molecular formula is C12H21N3O3. The maximum Gasteiger partial charge on any atom is 0.325 e. The van der Waals surface area contributed by atoms with E-state index in [2.05, 4.69) is 10.2 Å². The second-order valence-electron chi connectivity index (χ2n) is 4.72. The van der Waals surface area contributed by atoms with Crippen molar-refractivity contribution >= 4 is 12.0 Å². The molecule has 1 saturated heterocycles. The molecule has 0 atom stereocenters. The standard InChI is InChI=1S/C12H21N3O3/c1-2-18-11(16)9-13-12(17)15-7-5-14(6-8-15)10-3-4-10/h10H,2-9H2,1H3,(H,13,17). The van der Waals surface area contributed by atoms with Crippen LogP contribution in [0.4, 0.5) is 4.79 Å². The molecule has 1 heterocycles. The highest BCUT2D eigenvalue weighted by atomic mass is 16.5. The second-order valence-corrected chi connectivity index (χ2v) is 4.72. The summed E-state index contributed by atoms with van der Waals surface area (Å²) in [5, 5.41) is 2.59. The first kappa shape index (κ1) is 13.1. The molecule has 1 saturated carbocycles. The smallest absolute Gasteiger partial charge is 0.325 e. The van der Waals surface area contributed by atoms with E-state index in [1.54, 1.807) is 11.8 Å². The van der Waals surface area contributed by atoms with E-state index in [9.17, 15) is 9.59 Å². The minimum absolute atomic E-state index is 0.0461. The Hall–Kier alpha value is -1.30. The molecule has 0 bridgehead atoms. The molecule has 6 heteroatoms. The fourth-order valence-electron chi connectivity index (χ4n) is 2.20. The quantitative estimate of drug-likeness (QED) is 0.720. The van der Waals surface area contributed by atoms with Crippen LogP contribution in [0.3, 0.4) is 0 Å². The van der Waals surface area contributed by atoms with Gasteiger partial charge in [-0.15, -0.1) is 0 Å². The maximum absolute atomic E-state index is 11.8. The van der Waals surface area contributed by atoms with E-state index >= 15 is 0 Å². The summed E-state index contributed by atoms with van der Waals surface area (Å²) in [4.78, 5) is 27.1. The number of piperazine rings is 1. The summed E-state index contributed by atoms with van der Waals surface area (Å²) in [5.74, 6) is -0.387. The van der Waals surface area contributed by atoms with Gasteiger partial charge in [-0.3, -0.25) is 9.69 Å². The zero-order valence-electron chi connectivity index (χ0n) is 10.9. The van der Waals surface area contributed by atoms with Crippen molar-refractivity contribution in [2.24, 2.45) is 0 Å². The Balaban J connectivity index is 1.65. The topological polar surface area (TPSA) is 61.9 Å². The molecule has 6 nitrogen and oxygen atoms in total. The van der Waals surface area contributed by atoms with Crippen LogP contribution in [0.5, 0.6) is 0 Å². The normalized spacial score (nSPS) is 20.6. The Bertz CT molecular complexity index is 310. The number of hydrogen-bond acceptors (Lipinski definition) is 4. The molecular weight excluding hydrogens is 234 g/mol. The van der Waals surface area contributed by atoms with Crippen LogP contribution in [0, 0.1) is 0 Å². The van der Waals surface area contributed by atoms with Crippen LogP contribution < -0.4 is 5.32 Å². The largest absolute Gasteiger partial charge is 0.465 e. The van der Waals surface area contributed by atoms with E-state index in [-0.39, 0.29) is 18.5 Å². The molecule has 0 aromatic heterocycles. The molecule has 1 aliphatic heterocycles. The third kappa shape index (κ3) is 3.60. The zero-order chi connectivity index (χ0) is 13.0. The van der Waals surface area contributed by atoms with Crippen molar-refractivity contribution in [2.45, 2.75) is 25.8 Å². The van der Waals surface area contributed by atoms with Gasteiger partial charge in [0.1, 0.15) is 6.54 Å². The highest BCUT2D eigenvalue weighted by Crippen LogP contribution is 2.27. The van der Waals surface area contributed by atoms with Gasteiger partial charge in [0, 0.05) is 32.2 Å². The number of nitrogens with zero attached hydrogens (tertiary/aromatic N) is 2. The predicted octanol–water partition coefficient (Wildman–Crippen LogP) is 0.0391. The summed E-state index contributed by atoms with van der Waals surface area (Å²) in [7, 11) is 0. The third-order valence-corrected chi connectivity index (χ3v) is 3.35. The lowest BCUT2D eigenvalue weighted by Crippen LogP contribution is -2.52. The summed E-state index contributed by atoms with van der Waals surface area (Å²) in [5.41, 5.74) is 0. The Labute approximate surface area is 107 Å². The lowest BCUT2D eigenvalue weighted by Gasteiger charge is -2.34. The minimum Gasteiger partial charge on any atom is -0.465 e. The van der Waals surface area contributed by atoms with Gasteiger partial charge in [-0.05, 0) is 19.8 Å². The molecule has 0 unspecified atom stereocenters. The number of hydrogen-bond donors (Lipinski definition) is 1. The van der Waals surface area contributed by atoms with Gasteiger partial charge in [0.25, 0.3) is 0 Å². The maximum atomic E-state index is 11.8. The van der Waals surface area contributed by atoms with Gasteiger partial charge >= 0.3 is 12.0 Å². The molecule has 18 heavy (non-hydrogen) atoms. The summed E-state index contributed by atoms with van der Waals surface area (Å²) >= 11 is 0. The zero-order valence-corrected chi connectivity index (χ0v) is 10.9. The molecule has 1 N–H and O–H groups in total. The van der Waals surface area contributed by atoms with Crippen molar-refractivity contribution in [1.29, 1.82) is 0 Å². The molecule has 102 valence electrons. The van der Waals surface area contributed by atoms with E-state index in [0.29, 0.717) is 6.61 Å². The molecule has 2 amide bonds. The highest BCUT2D eigenvalue weighted by molar-refractivity contribution is 5.80. The number of rotatable bonds is 4. The van der Waals surface area contributed by atoms with E-state index in [0.717, 1.165) is 32.2 Å². The Kier molecular flexibility index (Phi) is 4.41. The SMILES string of the molecule is CCOC(=O)CNC(=O)N1CCN(C2CC2)CC1. The van der Waals surface area contributed by atoms with Crippen molar-refractivity contribution in [3.05, 3.63) is 0 Å². The van der Waals surface area contributed by atoms with Crippen molar-refractivity contribution < 1.29 is 14.3 Å². The molecule has 2 aliphatic rings. The molecule has 0 aromatic carbocycles. The number of nitrogens with one attached hydrogen (secondary N) is 1. The average Bonchev–Trinajstić information content (AvgIpc) is 3.21. The van der Waals surface area contributed by atoms with Crippen molar-refractivity contribution in [2.75, 3.05) is 39.3 Å². The van der Waals surface area contributed by atoms with Gasteiger partial charge in [-0.2, -0.15) is 0 Å². The Morgan fingerprint density at radius 1 is 1.22 bits per heavy atom. The van der Waals surface area contributed by atoms with Crippen LogP contribution in [0.25, 0.3) is 0 Å². The highest BCUT2D eigenvalue weighted by Gasteiger charge is 2.32. The molecule has 0 radical (unpaired) electrons. The monoisotopic (exact) mass is 255 g/mol. The summed E-state index contributed by atoms with van der Waals surface area (Å²) in [6.07, 6.45) is 2.60.